The molecule has 1 aromatic heterocycles. The van der Waals surface area contributed by atoms with Crippen LogP contribution in [0.2, 0.25) is 0 Å². The fourth-order valence-corrected chi connectivity index (χ4v) is 2.85. The third-order valence-electron chi connectivity index (χ3n) is 4.57. The van der Waals surface area contributed by atoms with Crippen LogP contribution in [0.4, 0.5) is 16.2 Å². The van der Waals surface area contributed by atoms with E-state index >= 15 is 0 Å². The molecular weight excluding hydrogens is 243 g/mol. The van der Waals surface area contributed by atoms with Gasteiger partial charge in [0.25, 0.3) is 0 Å². The molecule has 1 saturated heterocycles. The Bertz CT molecular complexity index is 421. The second-order valence-electron chi connectivity index (χ2n) is 5.31. The molecule has 19 heavy (non-hydrogen) atoms. The SMILES string of the molecule is CCC1(CC)CCN(c2nc(NC)ncc2F)CC1. The van der Waals surface area contributed by atoms with Gasteiger partial charge >= 0.3 is 0 Å². The van der Waals surface area contributed by atoms with Crippen LogP contribution in [-0.4, -0.2) is 30.1 Å². The lowest BCUT2D eigenvalue weighted by Crippen LogP contribution is -2.40. The van der Waals surface area contributed by atoms with Gasteiger partial charge in [-0.1, -0.05) is 26.7 Å². The molecule has 0 aliphatic carbocycles. The van der Waals surface area contributed by atoms with Gasteiger partial charge in [0, 0.05) is 20.1 Å². The van der Waals surface area contributed by atoms with E-state index in [2.05, 4.69) is 29.1 Å². The Hall–Kier alpha value is -1.39. The fraction of sp³-hybridized carbons (Fsp3) is 0.714. The normalized spacial score (nSPS) is 18.4. The zero-order valence-electron chi connectivity index (χ0n) is 12.0. The first-order valence-electron chi connectivity index (χ1n) is 7.09. The van der Waals surface area contributed by atoms with E-state index in [1.807, 2.05) is 4.90 Å². The van der Waals surface area contributed by atoms with Gasteiger partial charge < -0.3 is 10.2 Å². The van der Waals surface area contributed by atoms with Crippen molar-refractivity contribution < 1.29 is 4.39 Å². The predicted octanol–water partition coefficient (Wildman–Crippen LogP) is 3.06. The predicted molar refractivity (Wildman–Crippen MR) is 76.0 cm³/mol. The van der Waals surface area contributed by atoms with Crippen molar-refractivity contribution in [2.75, 3.05) is 30.4 Å². The molecule has 0 radical (unpaired) electrons. The molecule has 0 unspecified atom stereocenters. The first kappa shape index (κ1) is 14.0. The minimum atomic E-state index is -0.334. The summed E-state index contributed by atoms with van der Waals surface area (Å²) in [4.78, 5) is 10.2. The van der Waals surface area contributed by atoms with Gasteiger partial charge in [-0.05, 0) is 18.3 Å². The highest BCUT2D eigenvalue weighted by Gasteiger charge is 2.32. The van der Waals surface area contributed by atoms with Crippen molar-refractivity contribution >= 4 is 11.8 Å². The van der Waals surface area contributed by atoms with Crippen molar-refractivity contribution in [3.8, 4) is 0 Å². The number of halogens is 1. The monoisotopic (exact) mass is 266 g/mol. The molecule has 0 atom stereocenters. The maximum atomic E-state index is 13.9. The molecular formula is C14H23FN4. The summed E-state index contributed by atoms with van der Waals surface area (Å²) in [5.74, 6) is 0.568. The van der Waals surface area contributed by atoms with Gasteiger partial charge in [-0.3, -0.25) is 0 Å². The van der Waals surface area contributed by atoms with E-state index in [9.17, 15) is 4.39 Å². The zero-order valence-corrected chi connectivity index (χ0v) is 12.0. The molecule has 1 aliphatic heterocycles. The van der Waals surface area contributed by atoms with E-state index in [-0.39, 0.29) is 5.82 Å². The van der Waals surface area contributed by atoms with Gasteiger partial charge in [-0.15, -0.1) is 0 Å². The summed E-state index contributed by atoms with van der Waals surface area (Å²) in [5, 5.41) is 2.86. The standard InChI is InChI=1S/C14H23FN4/c1-4-14(5-2)6-8-19(9-7-14)12-11(15)10-17-13(16-3)18-12/h10H,4-9H2,1-3H3,(H,16,17,18). The van der Waals surface area contributed by atoms with Gasteiger partial charge in [0.05, 0.1) is 6.20 Å². The van der Waals surface area contributed by atoms with Crippen LogP contribution in [0.25, 0.3) is 0 Å². The molecule has 0 spiro atoms. The molecule has 4 nitrogen and oxygen atoms in total. The van der Waals surface area contributed by atoms with E-state index in [0.29, 0.717) is 17.2 Å². The van der Waals surface area contributed by atoms with Crippen LogP contribution in [0, 0.1) is 11.2 Å². The Kier molecular flexibility index (Phi) is 4.22. The second kappa shape index (κ2) is 5.72. The van der Waals surface area contributed by atoms with Gasteiger partial charge in [0.2, 0.25) is 5.95 Å². The lowest BCUT2D eigenvalue weighted by atomic mass is 9.74. The number of nitrogens with zero attached hydrogens (tertiary/aromatic N) is 3. The quantitative estimate of drug-likeness (QED) is 0.909. The fourth-order valence-electron chi connectivity index (χ4n) is 2.85. The molecule has 0 amide bonds. The van der Waals surface area contributed by atoms with Crippen molar-refractivity contribution in [2.24, 2.45) is 5.41 Å². The van der Waals surface area contributed by atoms with Gasteiger partial charge in [0.1, 0.15) is 0 Å². The zero-order chi connectivity index (χ0) is 13.9. The smallest absolute Gasteiger partial charge is 0.224 e. The minimum absolute atomic E-state index is 0.334. The molecule has 0 bridgehead atoms. The number of aromatic nitrogens is 2. The number of anilines is 2. The lowest BCUT2D eigenvalue weighted by molar-refractivity contribution is 0.198. The number of nitrogens with one attached hydrogen (secondary N) is 1. The van der Waals surface area contributed by atoms with Gasteiger partial charge in [-0.25, -0.2) is 9.37 Å². The van der Waals surface area contributed by atoms with Gasteiger partial charge in [-0.2, -0.15) is 4.98 Å². The lowest BCUT2D eigenvalue weighted by Gasteiger charge is -2.41. The van der Waals surface area contributed by atoms with Crippen LogP contribution in [0.15, 0.2) is 6.20 Å². The average Bonchev–Trinajstić information content (AvgIpc) is 2.48. The largest absolute Gasteiger partial charge is 0.357 e. The summed E-state index contributed by atoms with van der Waals surface area (Å²) in [5.41, 5.74) is 0.436. The van der Waals surface area contributed by atoms with Crippen LogP contribution in [0.1, 0.15) is 39.5 Å². The molecule has 2 rings (SSSR count). The summed E-state index contributed by atoms with van der Waals surface area (Å²) in [7, 11) is 1.74. The maximum absolute atomic E-state index is 13.9. The van der Waals surface area contributed by atoms with Crippen molar-refractivity contribution in [3.63, 3.8) is 0 Å². The molecule has 1 N–H and O–H groups in total. The van der Waals surface area contributed by atoms with Crippen molar-refractivity contribution in [1.29, 1.82) is 0 Å². The molecule has 1 aromatic rings. The third-order valence-corrected chi connectivity index (χ3v) is 4.57. The first-order chi connectivity index (χ1) is 9.14. The van der Waals surface area contributed by atoms with Crippen LogP contribution < -0.4 is 10.2 Å². The summed E-state index contributed by atoms with van der Waals surface area (Å²) in [6, 6.07) is 0. The van der Waals surface area contributed by atoms with Gasteiger partial charge in [0.15, 0.2) is 11.6 Å². The highest BCUT2D eigenvalue weighted by atomic mass is 19.1. The van der Waals surface area contributed by atoms with E-state index in [4.69, 9.17) is 0 Å². The molecule has 2 heterocycles. The van der Waals surface area contributed by atoms with E-state index < -0.39 is 0 Å². The Morgan fingerprint density at radius 1 is 1.32 bits per heavy atom. The molecule has 1 fully saturated rings. The molecule has 0 aromatic carbocycles. The number of hydrogen-bond acceptors (Lipinski definition) is 4. The molecule has 0 saturated carbocycles. The third kappa shape index (κ3) is 2.80. The topological polar surface area (TPSA) is 41.1 Å². The number of rotatable bonds is 4. The van der Waals surface area contributed by atoms with E-state index in [1.54, 1.807) is 7.05 Å². The van der Waals surface area contributed by atoms with Crippen LogP contribution >= 0.6 is 0 Å². The van der Waals surface area contributed by atoms with Crippen molar-refractivity contribution in [1.82, 2.24) is 9.97 Å². The highest BCUT2D eigenvalue weighted by Crippen LogP contribution is 2.39. The number of hydrogen-bond donors (Lipinski definition) is 1. The summed E-state index contributed by atoms with van der Waals surface area (Å²) in [6.07, 6.45) is 5.86. The Morgan fingerprint density at radius 3 is 2.47 bits per heavy atom. The van der Waals surface area contributed by atoms with Crippen molar-refractivity contribution in [2.45, 2.75) is 39.5 Å². The maximum Gasteiger partial charge on any atom is 0.224 e. The van der Waals surface area contributed by atoms with E-state index in [0.717, 1.165) is 25.9 Å². The van der Waals surface area contributed by atoms with Crippen LogP contribution in [-0.2, 0) is 0 Å². The summed E-state index contributed by atoms with van der Waals surface area (Å²) >= 11 is 0. The Balaban J connectivity index is 2.13. The van der Waals surface area contributed by atoms with Crippen LogP contribution in [0.3, 0.4) is 0 Å². The summed E-state index contributed by atoms with van der Waals surface area (Å²) in [6.45, 7) is 6.25. The highest BCUT2D eigenvalue weighted by molar-refractivity contribution is 5.44. The van der Waals surface area contributed by atoms with E-state index in [1.165, 1.54) is 19.0 Å². The number of piperidine rings is 1. The minimum Gasteiger partial charge on any atom is -0.357 e. The summed E-state index contributed by atoms with van der Waals surface area (Å²) < 4.78 is 13.9. The molecule has 106 valence electrons. The first-order valence-corrected chi connectivity index (χ1v) is 7.09. The molecule has 1 aliphatic rings. The Morgan fingerprint density at radius 2 is 1.95 bits per heavy atom. The van der Waals surface area contributed by atoms with Crippen LogP contribution in [0.5, 0.6) is 0 Å². The van der Waals surface area contributed by atoms with Crippen molar-refractivity contribution in [3.05, 3.63) is 12.0 Å². The molecule has 5 heteroatoms. The second-order valence-corrected chi connectivity index (χ2v) is 5.31. The average molecular weight is 266 g/mol. The Labute approximate surface area is 114 Å².